The molecule has 0 heterocycles. The Morgan fingerprint density at radius 1 is 0.564 bits per heavy atom. The molecule has 1 atom stereocenters. The van der Waals surface area contributed by atoms with Crippen LogP contribution in [-0.4, -0.2) is 8.07 Å². The molecule has 3 aromatic rings. The highest BCUT2D eigenvalue weighted by Gasteiger charge is 2.50. The monoisotopic (exact) mass is 534 g/mol. The normalized spacial score (nSPS) is 17.5. The Morgan fingerprint density at radius 2 is 1.00 bits per heavy atom. The molecule has 1 heteroatoms. The van der Waals surface area contributed by atoms with Crippen molar-refractivity contribution < 1.29 is 0 Å². The van der Waals surface area contributed by atoms with Crippen molar-refractivity contribution >= 4 is 13.6 Å². The highest BCUT2D eigenvalue weighted by atomic mass is 28.3. The lowest BCUT2D eigenvalue weighted by atomic mass is 9.85. The highest BCUT2D eigenvalue weighted by Crippen LogP contribution is 2.58. The summed E-state index contributed by atoms with van der Waals surface area (Å²) in [5.74, 6) is 0. The van der Waals surface area contributed by atoms with E-state index in [1.807, 2.05) is 0 Å². The minimum Gasteiger partial charge on any atom is -0.0679 e. The molecule has 1 unspecified atom stereocenters. The van der Waals surface area contributed by atoms with E-state index in [1.54, 1.807) is 27.8 Å². The Bertz CT molecular complexity index is 1480. The molecule has 5 rings (SSSR count). The molecule has 0 saturated heterocycles. The van der Waals surface area contributed by atoms with Crippen LogP contribution in [0.1, 0.15) is 122 Å². The van der Waals surface area contributed by atoms with Gasteiger partial charge in [0.15, 0.2) is 0 Å². The van der Waals surface area contributed by atoms with Crippen molar-refractivity contribution in [1.82, 2.24) is 0 Å². The van der Waals surface area contributed by atoms with Gasteiger partial charge in [-0.3, -0.25) is 0 Å². The van der Waals surface area contributed by atoms with Crippen LogP contribution in [0.2, 0.25) is 13.1 Å². The van der Waals surface area contributed by atoms with Gasteiger partial charge in [0.1, 0.15) is 0 Å². The van der Waals surface area contributed by atoms with Gasteiger partial charge in [-0.15, -0.1) is 0 Å². The van der Waals surface area contributed by atoms with Gasteiger partial charge in [-0.05, 0) is 125 Å². The van der Waals surface area contributed by atoms with Gasteiger partial charge in [0, 0.05) is 11.1 Å². The van der Waals surface area contributed by atoms with Crippen LogP contribution in [0.25, 0.3) is 16.7 Å². The molecular weight excluding hydrogens is 485 g/mol. The average molecular weight is 535 g/mol. The van der Waals surface area contributed by atoms with Crippen molar-refractivity contribution in [3.8, 4) is 11.1 Å². The van der Waals surface area contributed by atoms with E-state index in [0.29, 0.717) is 11.1 Å². The lowest BCUT2D eigenvalue weighted by Crippen LogP contribution is -2.42. The second kappa shape index (κ2) is 8.81. The summed E-state index contributed by atoms with van der Waals surface area (Å²) in [6.45, 7) is 33.8. The number of rotatable bonds is 2. The van der Waals surface area contributed by atoms with Gasteiger partial charge in [0.05, 0.1) is 8.07 Å². The zero-order valence-electron chi connectivity index (χ0n) is 27.1. The maximum atomic E-state index is 2.70. The molecule has 0 aliphatic heterocycles. The zero-order valence-corrected chi connectivity index (χ0v) is 28.1. The molecule has 0 nitrogen and oxygen atoms in total. The standard InChI is InChI=1S/C38H50Si/c1-21-22(2)24(4)34-33(23(21)3)25(5)26(6)35(34)39(13,14)36-31-19-27(37(7,8)9)15-17-29(31)30-18-16-28(20-32(30)36)38(10,11)12/h15-20,35-36H,1-14H3. The SMILES string of the molecule is CC1=C(C)C([Si](C)(C)C2c3cc(C(C)(C)C)ccc3-c3ccc(C(C)(C)C)cc32)c2c(C)c(C)c(C)c(C)c21. The number of hydrogen-bond donors (Lipinski definition) is 0. The molecule has 0 saturated carbocycles. The first-order valence-corrected chi connectivity index (χ1v) is 18.1. The summed E-state index contributed by atoms with van der Waals surface area (Å²) in [5, 5.41) is 0. The molecule has 0 bridgehead atoms. The maximum absolute atomic E-state index is 2.70. The zero-order chi connectivity index (χ0) is 29.0. The lowest BCUT2D eigenvalue weighted by Gasteiger charge is -2.40. The van der Waals surface area contributed by atoms with Crippen LogP contribution < -0.4 is 0 Å². The van der Waals surface area contributed by atoms with Crippen molar-refractivity contribution in [1.29, 1.82) is 0 Å². The summed E-state index contributed by atoms with van der Waals surface area (Å²) in [5.41, 5.74) is 22.6. The fraction of sp³-hybridized carbons (Fsp3) is 0.474. The Labute approximate surface area is 240 Å². The van der Waals surface area contributed by atoms with E-state index in [2.05, 4.69) is 133 Å². The predicted molar refractivity (Wildman–Crippen MR) is 175 cm³/mol. The molecule has 0 amide bonds. The molecular formula is C38H50Si. The quantitative estimate of drug-likeness (QED) is 0.287. The molecule has 0 aromatic heterocycles. The Morgan fingerprint density at radius 3 is 1.44 bits per heavy atom. The summed E-state index contributed by atoms with van der Waals surface area (Å²) in [6, 6.07) is 14.8. The van der Waals surface area contributed by atoms with Gasteiger partial charge >= 0.3 is 0 Å². The van der Waals surface area contributed by atoms with Crippen molar-refractivity contribution in [2.75, 3.05) is 0 Å². The maximum Gasteiger partial charge on any atom is 0.0726 e. The third kappa shape index (κ3) is 4.06. The van der Waals surface area contributed by atoms with Gasteiger partial charge in [-0.1, -0.05) is 96.6 Å². The summed E-state index contributed by atoms with van der Waals surface area (Å²) in [7, 11) is -2.01. The summed E-state index contributed by atoms with van der Waals surface area (Å²) >= 11 is 0. The van der Waals surface area contributed by atoms with E-state index in [0.717, 1.165) is 0 Å². The number of hydrogen-bond acceptors (Lipinski definition) is 0. The van der Waals surface area contributed by atoms with Gasteiger partial charge in [0.25, 0.3) is 0 Å². The second-order valence-electron chi connectivity index (χ2n) is 15.4. The van der Waals surface area contributed by atoms with Crippen molar-refractivity contribution in [3.05, 3.63) is 97.6 Å². The van der Waals surface area contributed by atoms with E-state index >= 15 is 0 Å². The summed E-state index contributed by atoms with van der Waals surface area (Å²) in [4.78, 5) is 0. The predicted octanol–water partition coefficient (Wildman–Crippen LogP) is 11.0. The molecule has 0 radical (unpaired) electrons. The smallest absolute Gasteiger partial charge is 0.0679 e. The van der Waals surface area contributed by atoms with Gasteiger partial charge in [-0.2, -0.15) is 0 Å². The van der Waals surface area contributed by atoms with Crippen LogP contribution >= 0.6 is 0 Å². The van der Waals surface area contributed by atoms with Crippen LogP contribution in [0.15, 0.2) is 42.0 Å². The topological polar surface area (TPSA) is 0 Å². The van der Waals surface area contributed by atoms with E-state index in [1.165, 1.54) is 50.1 Å². The highest BCUT2D eigenvalue weighted by molar-refractivity contribution is 6.82. The van der Waals surface area contributed by atoms with Crippen LogP contribution in [-0.2, 0) is 10.8 Å². The van der Waals surface area contributed by atoms with Crippen LogP contribution in [0.4, 0.5) is 0 Å². The first-order chi connectivity index (χ1) is 17.9. The van der Waals surface area contributed by atoms with E-state index in [4.69, 9.17) is 0 Å². The van der Waals surface area contributed by atoms with Gasteiger partial charge in [0.2, 0.25) is 0 Å². The first-order valence-electron chi connectivity index (χ1n) is 15.0. The Hall–Kier alpha value is -2.38. The van der Waals surface area contributed by atoms with Crippen molar-refractivity contribution in [2.24, 2.45) is 0 Å². The third-order valence-corrected chi connectivity index (χ3v) is 15.0. The molecule has 206 valence electrons. The minimum absolute atomic E-state index is 0.130. The minimum atomic E-state index is -2.01. The van der Waals surface area contributed by atoms with Crippen LogP contribution in [0, 0.1) is 27.7 Å². The van der Waals surface area contributed by atoms with E-state index in [-0.39, 0.29) is 10.8 Å². The Kier molecular flexibility index (Phi) is 6.36. The van der Waals surface area contributed by atoms with Crippen LogP contribution in [0.3, 0.4) is 0 Å². The molecule has 0 spiro atoms. The first kappa shape index (κ1) is 28.2. The molecule has 0 fully saturated rings. The van der Waals surface area contributed by atoms with Gasteiger partial charge < -0.3 is 0 Å². The molecule has 39 heavy (non-hydrogen) atoms. The molecule has 3 aromatic carbocycles. The third-order valence-electron chi connectivity index (χ3n) is 10.7. The molecule has 0 N–H and O–H groups in total. The summed E-state index contributed by atoms with van der Waals surface area (Å²) < 4.78 is 0. The van der Waals surface area contributed by atoms with Crippen molar-refractivity contribution in [3.63, 3.8) is 0 Å². The fourth-order valence-electron chi connectivity index (χ4n) is 7.91. The average Bonchev–Trinajstić information content (AvgIpc) is 3.32. The number of allylic oxidation sites excluding steroid dienone is 2. The van der Waals surface area contributed by atoms with E-state index in [9.17, 15) is 0 Å². The molecule has 2 aliphatic carbocycles. The number of benzene rings is 3. The van der Waals surface area contributed by atoms with Crippen molar-refractivity contribution in [2.45, 2.75) is 118 Å². The Balaban J connectivity index is 1.82. The molecule has 2 aliphatic rings. The lowest BCUT2D eigenvalue weighted by molar-refractivity contribution is 0.589. The van der Waals surface area contributed by atoms with E-state index < -0.39 is 8.07 Å². The van der Waals surface area contributed by atoms with Gasteiger partial charge in [-0.25, -0.2) is 0 Å². The fourth-order valence-corrected chi connectivity index (χ4v) is 12.8. The summed E-state index contributed by atoms with van der Waals surface area (Å²) in [6.07, 6.45) is 0. The number of fused-ring (bicyclic) bond motifs is 4. The largest absolute Gasteiger partial charge is 0.0726 e. The second-order valence-corrected chi connectivity index (χ2v) is 20.2. The van der Waals surface area contributed by atoms with Crippen LogP contribution in [0.5, 0.6) is 0 Å².